The minimum atomic E-state index is -0.103. The highest BCUT2D eigenvalue weighted by Crippen LogP contribution is 2.14. The van der Waals surface area contributed by atoms with Gasteiger partial charge in [-0.2, -0.15) is 11.8 Å². The summed E-state index contributed by atoms with van der Waals surface area (Å²) in [5.41, 5.74) is 2.67. The van der Waals surface area contributed by atoms with Gasteiger partial charge in [-0.3, -0.25) is 4.79 Å². The minimum Gasteiger partial charge on any atom is -0.352 e. The van der Waals surface area contributed by atoms with E-state index in [4.69, 9.17) is 0 Å². The SMILES string of the molecule is C=CC(=O)NCCSCc1cccc(CN(C)C)c1. The maximum Gasteiger partial charge on any atom is 0.243 e. The van der Waals surface area contributed by atoms with Crippen molar-refractivity contribution in [1.29, 1.82) is 0 Å². The summed E-state index contributed by atoms with van der Waals surface area (Å²) in [7, 11) is 4.15. The Morgan fingerprint density at radius 3 is 2.84 bits per heavy atom. The third-order valence-electron chi connectivity index (χ3n) is 2.49. The van der Waals surface area contributed by atoms with E-state index in [1.807, 2.05) is 11.8 Å². The van der Waals surface area contributed by atoms with Crippen molar-refractivity contribution in [2.24, 2.45) is 0 Å². The molecule has 1 amide bonds. The molecule has 0 unspecified atom stereocenters. The first-order valence-electron chi connectivity index (χ1n) is 6.32. The summed E-state index contributed by atoms with van der Waals surface area (Å²) in [6, 6.07) is 8.65. The fourth-order valence-electron chi connectivity index (χ4n) is 1.69. The van der Waals surface area contributed by atoms with Crippen LogP contribution in [-0.4, -0.2) is 37.2 Å². The number of rotatable bonds is 8. The summed E-state index contributed by atoms with van der Waals surface area (Å²) in [6.45, 7) is 5.07. The highest BCUT2D eigenvalue weighted by atomic mass is 32.2. The molecular formula is C15H22N2OS. The van der Waals surface area contributed by atoms with Gasteiger partial charge in [0.1, 0.15) is 0 Å². The molecule has 1 aromatic carbocycles. The Kier molecular flexibility index (Phi) is 7.30. The highest BCUT2D eigenvalue weighted by Gasteiger charge is 1.99. The van der Waals surface area contributed by atoms with Gasteiger partial charge in [0.05, 0.1) is 0 Å². The molecule has 3 nitrogen and oxygen atoms in total. The van der Waals surface area contributed by atoms with E-state index in [0.717, 1.165) is 18.1 Å². The van der Waals surface area contributed by atoms with Gasteiger partial charge in [-0.25, -0.2) is 0 Å². The second-order valence-corrected chi connectivity index (χ2v) is 5.71. The molecule has 1 aromatic rings. The lowest BCUT2D eigenvalue weighted by Gasteiger charge is -2.10. The normalized spacial score (nSPS) is 10.5. The molecule has 1 N–H and O–H groups in total. The number of thioether (sulfide) groups is 1. The largest absolute Gasteiger partial charge is 0.352 e. The van der Waals surface area contributed by atoms with Gasteiger partial charge >= 0.3 is 0 Å². The van der Waals surface area contributed by atoms with Crippen molar-refractivity contribution >= 4 is 17.7 Å². The number of amides is 1. The predicted octanol–water partition coefficient (Wildman–Crippen LogP) is 2.28. The molecule has 0 aromatic heterocycles. The average molecular weight is 278 g/mol. The van der Waals surface area contributed by atoms with Gasteiger partial charge in [0.15, 0.2) is 0 Å². The van der Waals surface area contributed by atoms with Crippen LogP contribution in [0, 0.1) is 0 Å². The molecule has 0 saturated heterocycles. The molecule has 0 heterocycles. The number of nitrogens with one attached hydrogen (secondary N) is 1. The first kappa shape index (κ1) is 15.8. The van der Waals surface area contributed by atoms with E-state index in [2.05, 4.69) is 55.2 Å². The van der Waals surface area contributed by atoms with E-state index in [0.29, 0.717) is 6.54 Å². The van der Waals surface area contributed by atoms with Crippen LogP contribution in [0.15, 0.2) is 36.9 Å². The van der Waals surface area contributed by atoms with E-state index in [1.165, 1.54) is 17.2 Å². The lowest BCUT2D eigenvalue weighted by atomic mass is 10.1. The van der Waals surface area contributed by atoms with Crippen LogP contribution in [0.3, 0.4) is 0 Å². The van der Waals surface area contributed by atoms with E-state index in [-0.39, 0.29) is 5.91 Å². The molecule has 104 valence electrons. The molecule has 0 spiro atoms. The van der Waals surface area contributed by atoms with Crippen LogP contribution >= 0.6 is 11.8 Å². The summed E-state index contributed by atoms with van der Waals surface area (Å²) in [5.74, 6) is 1.79. The zero-order valence-corrected chi connectivity index (χ0v) is 12.5. The molecule has 4 heteroatoms. The van der Waals surface area contributed by atoms with Crippen LogP contribution < -0.4 is 5.32 Å². The van der Waals surface area contributed by atoms with Crippen LogP contribution in [0.1, 0.15) is 11.1 Å². The number of carbonyl (C=O) groups is 1. The van der Waals surface area contributed by atoms with Crippen molar-refractivity contribution < 1.29 is 4.79 Å². The number of hydrogen-bond donors (Lipinski definition) is 1. The molecule has 0 aliphatic carbocycles. The van der Waals surface area contributed by atoms with Gasteiger partial charge in [0, 0.05) is 24.6 Å². The second kappa shape index (κ2) is 8.77. The molecule has 0 aliphatic rings. The Morgan fingerprint density at radius 1 is 1.42 bits per heavy atom. The lowest BCUT2D eigenvalue weighted by Crippen LogP contribution is -2.23. The van der Waals surface area contributed by atoms with E-state index < -0.39 is 0 Å². The van der Waals surface area contributed by atoms with Crippen molar-refractivity contribution in [3.05, 3.63) is 48.0 Å². The van der Waals surface area contributed by atoms with E-state index in [1.54, 1.807) is 0 Å². The fourth-order valence-corrected chi connectivity index (χ4v) is 2.50. The third-order valence-corrected chi connectivity index (χ3v) is 3.52. The molecule has 0 fully saturated rings. The van der Waals surface area contributed by atoms with Crippen molar-refractivity contribution in [3.8, 4) is 0 Å². The Bertz CT molecular complexity index is 418. The second-order valence-electron chi connectivity index (χ2n) is 4.61. The van der Waals surface area contributed by atoms with Crippen molar-refractivity contribution in [2.75, 3.05) is 26.4 Å². The average Bonchev–Trinajstić information content (AvgIpc) is 2.37. The topological polar surface area (TPSA) is 32.3 Å². The predicted molar refractivity (Wildman–Crippen MR) is 83.2 cm³/mol. The van der Waals surface area contributed by atoms with Crippen LogP contribution in [-0.2, 0) is 17.1 Å². The summed E-state index contributed by atoms with van der Waals surface area (Å²) >= 11 is 1.82. The smallest absolute Gasteiger partial charge is 0.243 e. The Labute approximate surface area is 120 Å². The highest BCUT2D eigenvalue weighted by molar-refractivity contribution is 7.98. The summed E-state index contributed by atoms with van der Waals surface area (Å²) < 4.78 is 0. The first-order valence-corrected chi connectivity index (χ1v) is 7.48. The van der Waals surface area contributed by atoms with Gasteiger partial charge in [0.2, 0.25) is 5.91 Å². The molecule has 0 atom stereocenters. The molecule has 0 bridgehead atoms. The van der Waals surface area contributed by atoms with Gasteiger partial charge in [-0.05, 0) is 31.3 Å². The number of benzene rings is 1. The zero-order valence-electron chi connectivity index (χ0n) is 11.7. The Hall–Kier alpha value is -1.26. The maximum atomic E-state index is 10.9. The monoisotopic (exact) mass is 278 g/mol. The Balaban J connectivity index is 2.29. The van der Waals surface area contributed by atoms with Crippen molar-refractivity contribution in [1.82, 2.24) is 10.2 Å². The summed E-state index contributed by atoms with van der Waals surface area (Å²) in [4.78, 5) is 13.1. The number of nitrogens with zero attached hydrogens (tertiary/aromatic N) is 1. The van der Waals surface area contributed by atoms with Crippen molar-refractivity contribution in [3.63, 3.8) is 0 Å². The van der Waals surface area contributed by atoms with Crippen LogP contribution in [0.2, 0.25) is 0 Å². The van der Waals surface area contributed by atoms with E-state index >= 15 is 0 Å². The fraction of sp³-hybridized carbons (Fsp3) is 0.400. The third kappa shape index (κ3) is 7.03. The molecule has 1 rings (SSSR count). The lowest BCUT2D eigenvalue weighted by molar-refractivity contribution is -0.116. The molecule has 0 radical (unpaired) electrons. The number of hydrogen-bond acceptors (Lipinski definition) is 3. The maximum absolute atomic E-state index is 10.9. The van der Waals surface area contributed by atoms with E-state index in [9.17, 15) is 4.79 Å². The quantitative estimate of drug-likeness (QED) is 0.585. The minimum absolute atomic E-state index is 0.103. The van der Waals surface area contributed by atoms with Gasteiger partial charge in [0.25, 0.3) is 0 Å². The van der Waals surface area contributed by atoms with Crippen LogP contribution in [0.4, 0.5) is 0 Å². The standard InChI is InChI=1S/C15H22N2OS/c1-4-15(18)16-8-9-19-12-14-7-5-6-13(10-14)11-17(2)3/h4-7,10H,1,8-9,11-12H2,2-3H3,(H,16,18). The van der Waals surface area contributed by atoms with Gasteiger partial charge < -0.3 is 10.2 Å². The Morgan fingerprint density at radius 2 is 2.16 bits per heavy atom. The summed E-state index contributed by atoms with van der Waals surface area (Å²) in [5, 5.41) is 2.77. The van der Waals surface area contributed by atoms with Crippen LogP contribution in [0.25, 0.3) is 0 Å². The van der Waals surface area contributed by atoms with Gasteiger partial charge in [-0.1, -0.05) is 30.8 Å². The molecule has 0 saturated carbocycles. The zero-order chi connectivity index (χ0) is 14.1. The number of carbonyl (C=O) groups excluding carboxylic acids is 1. The van der Waals surface area contributed by atoms with Crippen LogP contribution in [0.5, 0.6) is 0 Å². The molecule has 19 heavy (non-hydrogen) atoms. The molecule has 0 aliphatic heterocycles. The summed E-state index contributed by atoms with van der Waals surface area (Å²) in [6.07, 6.45) is 1.30. The van der Waals surface area contributed by atoms with Gasteiger partial charge in [-0.15, -0.1) is 0 Å². The van der Waals surface area contributed by atoms with Crippen molar-refractivity contribution in [2.45, 2.75) is 12.3 Å². The first-order chi connectivity index (χ1) is 9.11. The molecular weight excluding hydrogens is 256 g/mol.